The fourth-order valence-electron chi connectivity index (χ4n) is 2.72. The lowest BCUT2D eigenvalue weighted by atomic mass is 9.86. The minimum atomic E-state index is -0.0438. The fraction of sp³-hybridized carbons (Fsp3) is 0.562. The van der Waals surface area contributed by atoms with E-state index in [9.17, 15) is 4.79 Å². The molecule has 20 heavy (non-hydrogen) atoms. The molecule has 0 bridgehead atoms. The number of rotatable bonds is 4. The van der Waals surface area contributed by atoms with Crippen molar-refractivity contribution in [3.05, 3.63) is 34.9 Å². The van der Waals surface area contributed by atoms with Gasteiger partial charge in [-0.1, -0.05) is 43.5 Å². The average molecular weight is 295 g/mol. The lowest BCUT2D eigenvalue weighted by Gasteiger charge is -2.29. The summed E-state index contributed by atoms with van der Waals surface area (Å²) in [6.07, 6.45) is 5.66. The number of urea groups is 1. The zero-order chi connectivity index (χ0) is 14.4. The average Bonchev–Trinajstić information content (AvgIpc) is 2.44. The molecule has 0 heterocycles. The lowest BCUT2D eigenvalue weighted by Crippen LogP contribution is -2.46. The van der Waals surface area contributed by atoms with E-state index in [1.807, 2.05) is 24.3 Å². The van der Waals surface area contributed by atoms with Crippen LogP contribution in [0.4, 0.5) is 4.79 Å². The molecule has 0 unspecified atom stereocenters. The normalized spacial score (nSPS) is 22.3. The van der Waals surface area contributed by atoms with E-state index in [-0.39, 0.29) is 6.03 Å². The Bertz CT molecular complexity index is 433. The summed E-state index contributed by atoms with van der Waals surface area (Å²) in [5.74, 6) is 0.589. The molecule has 3 nitrogen and oxygen atoms in total. The molecule has 2 amide bonds. The van der Waals surface area contributed by atoms with Crippen LogP contribution in [-0.4, -0.2) is 18.6 Å². The molecule has 0 radical (unpaired) electrons. The number of hydrogen-bond acceptors (Lipinski definition) is 1. The highest BCUT2D eigenvalue weighted by Crippen LogP contribution is 2.23. The topological polar surface area (TPSA) is 41.1 Å². The van der Waals surface area contributed by atoms with Gasteiger partial charge in [-0.15, -0.1) is 0 Å². The minimum Gasteiger partial charge on any atom is -0.338 e. The quantitative estimate of drug-likeness (QED) is 0.872. The smallest absolute Gasteiger partial charge is 0.315 e. The van der Waals surface area contributed by atoms with Gasteiger partial charge in [0.05, 0.1) is 0 Å². The van der Waals surface area contributed by atoms with Gasteiger partial charge in [0.1, 0.15) is 0 Å². The molecule has 0 saturated heterocycles. The van der Waals surface area contributed by atoms with Crippen molar-refractivity contribution in [2.45, 2.75) is 45.1 Å². The Morgan fingerprint density at radius 3 is 2.65 bits per heavy atom. The lowest BCUT2D eigenvalue weighted by molar-refractivity contribution is 0.222. The van der Waals surface area contributed by atoms with Crippen molar-refractivity contribution in [3.63, 3.8) is 0 Å². The Morgan fingerprint density at radius 1 is 1.25 bits per heavy atom. The van der Waals surface area contributed by atoms with E-state index in [4.69, 9.17) is 11.6 Å². The van der Waals surface area contributed by atoms with Crippen molar-refractivity contribution in [2.75, 3.05) is 6.54 Å². The number of halogens is 1. The first-order valence-electron chi connectivity index (χ1n) is 7.44. The predicted molar refractivity (Wildman–Crippen MR) is 83.1 cm³/mol. The maximum absolute atomic E-state index is 11.9. The van der Waals surface area contributed by atoms with Crippen LogP contribution in [-0.2, 0) is 6.42 Å². The van der Waals surface area contributed by atoms with E-state index in [1.54, 1.807) is 0 Å². The van der Waals surface area contributed by atoms with Crippen LogP contribution in [0.3, 0.4) is 0 Å². The molecule has 2 atom stereocenters. The van der Waals surface area contributed by atoms with Gasteiger partial charge in [-0.05, 0) is 42.9 Å². The van der Waals surface area contributed by atoms with E-state index in [1.165, 1.54) is 24.8 Å². The summed E-state index contributed by atoms with van der Waals surface area (Å²) in [6.45, 7) is 2.87. The van der Waals surface area contributed by atoms with Gasteiger partial charge in [0.15, 0.2) is 0 Å². The molecule has 1 aromatic carbocycles. The molecule has 1 aliphatic carbocycles. The molecule has 0 aromatic heterocycles. The molecule has 1 aliphatic rings. The first kappa shape index (κ1) is 15.2. The first-order valence-corrected chi connectivity index (χ1v) is 7.82. The number of amides is 2. The second kappa shape index (κ2) is 7.53. The Labute approximate surface area is 126 Å². The van der Waals surface area contributed by atoms with Crippen molar-refractivity contribution >= 4 is 17.6 Å². The summed E-state index contributed by atoms with van der Waals surface area (Å²) in [6, 6.07) is 8.02. The van der Waals surface area contributed by atoms with Gasteiger partial charge in [0.2, 0.25) is 0 Å². The number of carbonyl (C=O) groups excluding carboxylic acids is 1. The molecule has 110 valence electrons. The molecular formula is C16H23ClN2O. The fourth-order valence-corrected chi connectivity index (χ4v) is 2.85. The molecule has 1 saturated carbocycles. The van der Waals surface area contributed by atoms with Crippen LogP contribution in [0.15, 0.2) is 24.3 Å². The number of nitrogens with one attached hydrogen (secondary N) is 2. The second-order valence-corrected chi connectivity index (χ2v) is 6.08. The Morgan fingerprint density at radius 2 is 1.95 bits per heavy atom. The van der Waals surface area contributed by atoms with Crippen LogP contribution >= 0.6 is 11.6 Å². The molecule has 1 fully saturated rings. The van der Waals surface area contributed by atoms with Gasteiger partial charge < -0.3 is 10.6 Å². The van der Waals surface area contributed by atoms with E-state index in [0.29, 0.717) is 18.5 Å². The van der Waals surface area contributed by atoms with Gasteiger partial charge in [-0.2, -0.15) is 0 Å². The summed E-state index contributed by atoms with van der Waals surface area (Å²) in [5, 5.41) is 6.76. The third kappa shape index (κ3) is 4.71. The summed E-state index contributed by atoms with van der Waals surface area (Å²) in [7, 11) is 0. The van der Waals surface area contributed by atoms with Gasteiger partial charge >= 0.3 is 6.03 Å². The van der Waals surface area contributed by atoms with Crippen molar-refractivity contribution in [1.29, 1.82) is 0 Å². The van der Waals surface area contributed by atoms with E-state index in [2.05, 4.69) is 17.6 Å². The van der Waals surface area contributed by atoms with E-state index >= 15 is 0 Å². The van der Waals surface area contributed by atoms with Crippen LogP contribution in [0.5, 0.6) is 0 Å². The highest BCUT2D eigenvalue weighted by atomic mass is 35.5. The van der Waals surface area contributed by atoms with Gasteiger partial charge in [0.25, 0.3) is 0 Å². The Hall–Kier alpha value is -1.22. The third-order valence-corrected chi connectivity index (χ3v) is 4.29. The first-order chi connectivity index (χ1) is 9.65. The van der Waals surface area contributed by atoms with Crippen molar-refractivity contribution in [3.8, 4) is 0 Å². The minimum absolute atomic E-state index is 0.0438. The van der Waals surface area contributed by atoms with E-state index < -0.39 is 0 Å². The SMILES string of the molecule is C[C@@H]1CCCC[C@H]1NC(=O)NCCc1ccc(Cl)cc1. The zero-order valence-electron chi connectivity index (χ0n) is 12.0. The molecule has 4 heteroatoms. The Balaban J connectivity index is 1.68. The van der Waals surface area contributed by atoms with Crippen molar-refractivity contribution < 1.29 is 4.79 Å². The summed E-state index contributed by atoms with van der Waals surface area (Å²) < 4.78 is 0. The molecule has 2 N–H and O–H groups in total. The molecule has 0 spiro atoms. The maximum Gasteiger partial charge on any atom is 0.315 e. The monoisotopic (exact) mass is 294 g/mol. The van der Waals surface area contributed by atoms with Crippen LogP contribution in [0.25, 0.3) is 0 Å². The number of carbonyl (C=O) groups is 1. The standard InChI is InChI=1S/C16H23ClN2O/c1-12-4-2-3-5-15(12)19-16(20)18-11-10-13-6-8-14(17)9-7-13/h6-9,12,15H,2-5,10-11H2,1H3,(H2,18,19,20)/t12-,15-/m1/s1. The molecule has 0 aliphatic heterocycles. The number of hydrogen-bond donors (Lipinski definition) is 2. The van der Waals surface area contributed by atoms with Crippen LogP contribution < -0.4 is 10.6 Å². The Kier molecular flexibility index (Phi) is 5.72. The largest absolute Gasteiger partial charge is 0.338 e. The number of benzene rings is 1. The predicted octanol–water partition coefficient (Wildman–Crippen LogP) is 3.76. The maximum atomic E-state index is 11.9. The molecular weight excluding hydrogens is 272 g/mol. The van der Waals surface area contributed by atoms with E-state index in [0.717, 1.165) is 17.9 Å². The van der Waals surface area contributed by atoms with Crippen molar-refractivity contribution in [2.24, 2.45) is 5.92 Å². The zero-order valence-corrected chi connectivity index (χ0v) is 12.7. The summed E-state index contributed by atoms with van der Waals surface area (Å²) >= 11 is 5.84. The van der Waals surface area contributed by atoms with Gasteiger partial charge in [-0.3, -0.25) is 0 Å². The highest BCUT2D eigenvalue weighted by Gasteiger charge is 2.22. The summed E-state index contributed by atoms with van der Waals surface area (Å²) in [5.41, 5.74) is 1.18. The van der Waals surface area contributed by atoms with Crippen LogP contribution in [0.1, 0.15) is 38.2 Å². The van der Waals surface area contributed by atoms with Crippen LogP contribution in [0.2, 0.25) is 5.02 Å². The third-order valence-electron chi connectivity index (χ3n) is 4.04. The van der Waals surface area contributed by atoms with Crippen LogP contribution in [0, 0.1) is 5.92 Å². The van der Waals surface area contributed by atoms with Gasteiger partial charge in [-0.25, -0.2) is 4.79 Å². The van der Waals surface area contributed by atoms with Crippen molar-refractivity contribution in [1.82, 2.24) is 10.6 Å². The summed E-state index contributed by atoms with van der Waals surface area (Å²) in [4.78, 5) is 11.9. The second-order valence-electron chi connectivity index (χ2n) is 5.64. The van der Waals surface area contributed by atoms with Gasteiger partial charge in [0, 0.05) is 17.6 Å². The molecule has 1 aromatic rings. The molecule has 2 rings (SSSR count). The highest BCUT2D eigenvalue weighted by molar-refractivity contribution is 6.30.